The van der Waals surface area contributed by atoms with Gasteiger partial charge in [-0.2, -0.15) is 5.26 Å². The summed E-state index contributed by atoms with van der Waals surface area (Å²) in [7, 11) is 0. The van der Waals surface area contributed by atoms with E-state index in [1.54, 1.807) is 6.07 Å². The van der Waals surface area contributed by atoms with Crippen molar-refractivity contribution in [2.75, 3.05) is 0 Å². The summed E-state index contributed by atoms with van der Waals surface area (Å²) < 4.78 is 4.30. The molecule has 0 aromatic carbocycles. The molecule has 0 amide bonds. The van der Waals surface area contributed by atoms with Crippen LogP contribution in [0.2, 0.25) is 0 Å². The minimum atomic E-state index is -0.343. The zero-order valence-electron chi connectivity index (χ0n) is 7.16. The molecule has 0 unspecified atom stereocenters. The lowest BCUT2D eigenvalue weighted by Crippen LogP contribution is -2.28. The first kappa shape index (κ1) is 8.53. The first-order valence-electron chi connectivity index (χ1n) is 3.47. The quantitative estimate of drug-likeness (QED) is 0.526. The predicted octanol–water partition coefficient (Wildman–Crippen LogP) is 0.477. The van der Waals surface area contributed by atoms with Gasteiger partial charge in [0, 0.05) is 10.6 Å². The van der Waals surface area contributed by atoms with Crippen LogP contribution in [0, 0.1) is 16.5 Å². The number of hydrogen-bond donors (Lipinski definition) is 0. The van der Waals surface area contributed by atoms with E-state index in [1.165, 1.54) is 0 Å². The summed E-state index contributed by atoms with van der Waals surface area (Å²) in [4.78, 5) is 0.126. The fourth-order valence-electron chi connectivity index (χ4n) is 0.834. The highest BCUT2D eigenvalue weighted by molar-refractivity contribution is 5.24. The van der Waals surface area contributed by atoms with Crippen LogP contribution >= 0.6 is 0 Å². The highest BCUT2D eigenvalue weighted by Crippen LogP contribution is 2.21. The molecule has 5 nitrogen and oxygen atoms in total. The van der Waals surface area contributed by atoms with Gasteiger partial charge in [-0.25, -0.2) is 0 Å². The van der Waals surface area contributed by atoms with Crippen LogP contribution in [0.4, 0.5) is 0 Å². The van der Waals surface area contributed by atoms with Crippen molar-refractivity contribution in [2.24, 2.45) is 0 Å². The summed E-state index contributed by atoms with van der Waals surface area (Å²) >= 11 is 0. The van der Waals surface area contributed by atoms with Crippen LogP contribution in [0.5, 0.6) is 0 Å². The van der Waals surface area contributed by atoms with Crippen LogP contribution in [0.3, 0.4) is 0 Å². The topological polar surface area (TPSA) is 76.8 Å². The predicted molar refractivity (Wildman–Crippen MR) is 38.9 cm³/mol. The van der Waals surface area contributed by atoms with Crippen molar-refractivity contribution in [3.05, 3.63) is 16.6 Å². The van der Waals surface area contributed by atoms with Gasteiger partial charge in [0.05, 0.1) is 0 Å². The maximum Gasteiger partial charge on any atom is 0.298 e. The number of rotatable bonds is 0. The molecule has 0 fully saturated rings. The minimum Gasteiger partial charge on any atom is -0.358 e. The molecule has 0 aliphatic carbocycles. The van der Waals surface area contributed by atoms with E-state index >= 15 is 0 Å². The fourth-order valence-corrected chi connectivity index (χ4v) is 0.834. The Morgan fingerprint density at radius 2 is 2.17 bits per heavy atom. The second kappa shape index (κ2) is 2.48. The molecule has 0 N–H and O–H groups in total. The van der Waals surface area contributed by atoms with Crippen LogP contribution < -0.4 is 4.90 Å². The van der Waals surface area contributed by atoms with E-state index < -0.39 is 0 Å². The molecule has 0 atom stereocenters. The van der Waals surface area contributed by atoms with Crippen molar-refractivity contribution >= 4 is 0 Å². The number of aromatic nitrogens is 2. The first-order valence-corrected chi connectivity index (χ1v) is 3.47. The largest absolute Gasteiger partial charge is 0.358 e. The van der Waals surface area contributed by atoms with Crippen LogP contribution in [0.15, 0.2) is 4.63 Å². The molecular formula is C7H9N3O2. The van der Waals surface area contributed by atoms with Gasteiger partial charge >= 0.3 is 0 Å². The highest BCUT2D eigenvalue weighted by atomic mass is 16.8. The molecule has 0 aliphatic heterocycles. The molecule has 12 heavy (non-hydrogen) atoms. The van der Waals surface area contributed by atoms with Crippen molar-refractivity contribution in [2.45, 2.75) is 26.2 Å². The van der Waals surface area contributed by atoms with Gasteiger partial charge in [0.2, 0.25) is 5.69 Å². The summed E-state index contributed by atoms with van der Waals surface area (Å²) in [5.74, 6) is 0. The monoisotopic (exact) mass is 167 g/mol. The maximum absolute atomic E-state index is 10.8. The maximum atomic E-state index is 10.8. The van der Waals surface area contributed by atoms with Crippen molar-refractivity contribution < 1.29 is 9.53 Å². The van der Waals surface area contributed by atoms with Gasteiger partial charge in [-0.1, -0.05) is 20.8 Å². The standard InChI is InChI=1S/C7H9N3O2/c1-7(2,3)6-5(4-8)10(11)12-9-6/h1-3H3. The lowest BCUT2D eigenvalue weighted by molar-refractivity contribution is -0.804. The van der Waals surface area contributed by atoms with Gasteiger partial charge in [0.25, 0.3) is 5.69 Å². The third-order valence-electron chi connectivity index (χ3n) is 1.43. The van der Waals surface area contributed by atoms with Crippen molar-refractivity contribution in [3.63, 3.8) is 0 Å². The number of nitriles is 1. The molecule has 0 saturated heterocycles. The third kappa shape index (κ3) is 1.23. The minimum absolute atomic E-state index is 0.0671. The van der Waals surface area contributed by atoms with E-state index in [0.717, 1.165) is 0 Å². The van der Waals surface area contributed by atoms with Gasteiger partial charge in [-0.15, -0.1) is 0 Å². The molecule has 1 aromatic heterocycles. The van der Waals surface area contributed by atoms with Crippen molar-refractivity contribution in [3.8, 4) is 6.07 Å². The molecule has 64 valence electrons. The smallest absolute Gasteiger partial charge is 0.298 e. The first-order chi connectivity index (χ1) is 5.46. The fraction of sp³-hybridized carbons (Fsp3) is 0.571. The van der Waals surface area contributed by atoms with E-state index in [0.29, 0.717) is 5.69 Å². The molecule has 0 spiro atoms. The summed E-state index contributed by atoms with van der Waals surface area (Å²) in [6.45, 7) is 5.56. The van der Waals surface area contributed by atoms with Crippen molar-refractivity contribution in [1.29, 1.82) is 5.26 Å². The Bertz CT molecular complexity index is 329. The molecule has 0 radical (unpaired) electrons. The summed E-state index contributed by atoms with van der Waals surface area (Å²) in [5.41, 5.74) is -0.0213. The Labute approximate surface area is 69.7 Å². The zero-order chi connectivity index (χ0) is 9.35. The van der Waals surface area contributed by atoms with E-state index in [4.69, 9.17) is 5.26 Å². The Hall–Kier alpha value is -1.57. The molecule has 0 aliphatic rings. The highest BCUT2D eigenvalue weighted by Gasteiger charge is 2.30. The molecule has 0 bridgehead atoms. The van der Waals surface area contributed by atoms with E-state index in [-0.39, 0.29) is 16.0 Å². The molecular weight excluding hydrogens is 158 g/mol. The van der Waals surface area contributed by atoms with Crippen LogP contribution in [-0.4, -0.2) is 5.16 Å². The summed E-state index contributed by atoms with van der Waals surface area (Å²) in [6.07, 6.45) is 0. The molecule has 0 saturated carbocycles. The SMILES string of the molecule is CC(C)(C)c1no[n+]([O-])c1C#N. The lowest BCUT2D eigenvalue weighted by atomic mass is 9.91. The van der Waals surface area contributed by atoms with E-state index in [2.05, 4.69) is 9.79 Å². The Balaban J connectivity index is 3.28. The summed E-state index contributed by atoms with van der Waals surface area (Å²) in [6, 6.07) is 1.74. The average molecular weight is 167 g/mol. The van der Waals surface area contributed by atoms with Gasteiger partial charge < -0.3 is 5.21 Å². The van der Waals surface area contributed by atoms with Crippen LogP contribution in [0.1, 0.15) is 32.2 Å². The number of hydrogen-bond acceptors (Lipinski definition) is 4. The second-order valence-electron chi connectivity index (χ2n) is 3.49. The van der Waals surface area contributed by atoms with Gasteiger partial charge in [0.1, 0.15) is 0 Å². The average Bonchev–Trinajstić information content (AvgIpc) is 2.29. The zero-order valence-corrected chi connectivity index (χ0v) is 7.16. The Kier molecular flexibility index (Phi) is 1.76. The molecule has 5 heteroatoms. The van der Waals surface area contributed by atoms with E-state index in [9.17, 15) is 5.21 Å². The lowest BCUT2D eigenvalue weighted by Gasteiger charge is -2.08. The summed E-state index contributed by atoms with van der Waals surface area (Å²) in [5, 5.41) is 22.9. The Morgan fingerprint density at radius 1 is 1.58 bits per heavy atom. The third-order valence-corrected chi connectivity index (χ3v) is 1.43. The van der Waals surface area contributed by atoms with Crippen LogP contribution in [0.25, 0.3) is 0 Å². The van der Waals surface area contributed by atoms with Crippen LogP contribution in [-0.2, 0) is 5.41 Å². The molecule has 1 rings (SSSR count). The molecule has 1 aromatic rings. The second-order valence-corrected chi connectivity index (χ2v) is 3.49. The Morgan fingerprint density at radius 3 is 2.50 bits per heavy atom. The van der Waals surface area contributed by atoms with Gasteiger partial charge in [0.15, 0.2) is 6.07 Å². The van der Waals surface area contributed by atoms with Gasteiger partial charge in [-0.3, -0.25) is 4.63 Å². The molecule has 1 heterocycles. The normalized spacial score (nSPS) is 11.2. The number of nitrogens with zero attached hydrogens (tertiary/aromatic N) is 3. The van der Waals surface area contributed by atoms with E-state index in [1.807, 2.05) is 20.8 Å². The van der Waals surface area contributed by atoms with Crippen molar-refractivity contribution in [1.82, 2.24) is 5.16 Å². The van der Waals surface area contributed by atoms with Gasteiger partial charge in [-0.05, 0) is 4.90 Å².